The Hall–Kier alpha value is -1.98. The summed E-state index contributed by atoms with van der Waals surface area (Å²) in [5.74, 6) is -0.242. The maximum absolute atomic E-state index is 14.7. The van der Waals surface area contributed by atoms with Gasteiger partial charge in [-0.05, 0) is 19.8 Å². The van der Waals surface area contributed by atoms with Gasteiger partial charge in [-0.25, -0.2) is 14.4 Å². The van der Waals surface area contributed by atoms with Gasteiger partial charge in [0.1, 0.15) is 17.2 Å². The first-order valence-electron chi connectivity index (χ1n) is 7.25. The predicted molar refractivity (Wildman–Crippen MR) is 77.7 cm³/mol. The zero-order chi connectivity index (χ0) is 15.1. The molecule has 0 N–H and O–H groups in total. The second-order valence-electron chi connectivity index (χ2n) is 5.82. The number of aromatic nitrogens is 3. The number of amides is 1. The molecule has 0 saturated heterocycles. The molecule has 0 aromatic carbocycles. The number of hydrogen-bond donors (Lipinski definition) is 0. The van der Waals surface area contributed by atoms with Gasteiger partial charge in [0.2, 0.25) is 0 Å². The molecule has 2 aromatic heterocycles. The van der Waals surface area contributed by atoms with Gasteiger partial charge in [-0.3, -0.25) is 4.79 Å². The summed E-state index contributed by atoms with van der Waals surface area (Å²) in [6.45, 7) is 1.77. The minimum atomic E-state index is -0.504. The van der Waals surface area contributed by atoms with Crippen LogP contribution in [0.2, 0.25) is 0 Å². The van der Waals surface area contributed by atoms with Crippen LogP contribution in [0.4, 0.5) is 4.39 Å². The molecule has 1 amide bonds. The molecule has 21 heavy (non-hydrogen) atoms. The van der Waals surface area contributed by atoms with Crippen molar-refractivity contribution in [3.8, 4) is 0 Å². The SMILES string of the molecule is Cc1ncc2c(F)c(C(=O)N(C)C)n(C3CCCC3)c2n1. The van der Waals surface area contributed by atoms with Gasteiger partial charge < -0.3 is 9.47 Å². The van der Waals surface area contributed by atoms with Crippen LogP contribution in [0.25, 0.3) is 11.0 Å². The van der Waals surface area contributed by atoms with Gasteiger partial charge in [0.05, 0.1) is 5.39 Å². The largest absolute Gasteiger partial charge is 0.343 e. The molecule has 6 heteroatoms. The van der Waals surface area contributed by atoms with Gasteiger partial charge in [0.15, 0.2) is 5.82 Å². The van der Waals surface area contributed by atoms with Crippen LogP contribution in [0.1, 0.15) is 48.0 Å². The standard InChI is InChI=1S/C15H19FN4O/c1-9-17-8-11-12(16)13(15(21)19(2)3)20(14(11)18-9)10-6-4-5-7-10/h8,10H,4-7H2,1-3H3. The zero-order valence-electron chi connectivity index (χ0n) is 12.6. The molecule has 0 atom stereocenters. The normalized spacial score (nSPS) is 15.8. The van der Waals surface area contributed by atoms with Gasteiger partial charge in [0, 0.05) is 26.3 Å². The van der Waals surface area contributed by atoms with Crippen LogP contribution in [-0.4, -0.2) is 39.4 Å². The molecule has 1 fully saturated rings. The van der Waals surface area contributed by atoms with Crippen LogP contribution in [-0.2, 0) is 0 Å². The third kappa shape index (κ3) is 2.18. The Labute approximate surface area is 122 Å². The first-order chi connectivity index (χ1) is 10.0. The Kier molecular flexibility index (Phi) is 3.39. The van der Waals surface area contributed by atoms with Crippen LogP contribution >= 0.6 is 0 Å². The molecule has 0 bridgehead atoms. The number of fused-ring (bicyclic) bond motifs is 1. The molecule has 0 aliphatic heterocycles. The van der Waals surface area contributed by atoms with E-state index in [2.05, 4.69) is 9.97 Å². The average Bonchev–Trinajstić information content (AvgIpc) is 3.04. The summed E-state index contributed by atoms with van der Waals surface area (Å²) in [7, 11) is 3.27. The summed E-state index contributed by atoms with van der Waals surface area (Å²) in [5, 5.41) is 0.331. The molecule has 0 radical (unpaired) electrons. The van der Waals surface area contributed by atoms with E-state index >= 15 is 0 Å². The maximum Gasteiger partial charge on any atom is 0.273 e. The van der Waals surface area contributed by atoms with E-state index in [0.29, 0.717) is 16.9 Å². The molecule has 1 aliphatic rings. The Bertz CT molecular complexity index is 701. The monoisotopic (exact) mass is 290 g/mol. The topological polar surface area (TPSA) is 51.0 Å². The van der Waals surface area contributed by atoms with E-state index in [1.807, 2.05) is 0 Å². The summed E-state index contributed by atoms with van der Waals surface area (Å²) in [5.41, 5.74) is 0.652. The van der Waals surface area contributed by atoms with Crippen molar-refractivity contribution in [2.45, 2.75) is 38.6 Å². The summed E-state index contributed by atoms with van der Waals surface area (Å²) in [6.07, 6.45) is 5.60. The fourth-order valence-corrected chi connectivity index (χ4v) is 3.06. The van der Waals surface area contributed by atoms with Crippen LogP contribution in [0, 0.1) is 12.7 Å². The van der Waals surface area contributed by atoms with E-state index in [0.717, 1.165) is 25.7 Å². The van der Waals surface area contributed by atoms with Crippen molar-refractivity contribution < 1.29 is 9.18 Å². The Morgan fingerprint density at radius 2 is 2.05 bits per heavy atom. The van der Waals surface area contributed by atoms with Gasteiger partial charge in [-0.1, -0.05) is 12.8 Å². The van der Waals surface area contributed by atoms with Crippen LogP contribution < -0.4 is 0 Å². The number of halogens is 1. The second-order valence-corrected chi connectivity index (χ2v) is 5.82. The summed E-state index contributed by atoms with van der Waals surface area (Å²) >= 11 is 0. The van der Waals surface area contributed by atoms with Crippen molar-refractivity contribution in [1.29, 1.82) is 0 Å². The lowest BCUT2D eigenvalue weighted by atomic mass is 10.2. The number of rotatable bonds is 2. The summed E-state index contributed by atoms with van der Waals surface area (Å²) in [6, 6.07) is 0.144. The highest BCUT2D eigenvalue weighted by Gasteiger charge is 2.30. The fraction of sp³-hybridized carbons (Fsp3) is 0.533. The van der Waals surface area contributed by atoms with E-state index in [1.54, 1.807) is 25.6 Å². The van der Waals surface area contributed by atoms with Crippen LogP contribution in [0.5, 0.6) is 0 Å². The Balaban J connectivity index is 2.30. The third-order valence-corrected chi connectivity index (χ3v) is 4.10. The Morgan fingerprint density at radius 1 is 1.38 bits per heavy atom. The van der Waals surface area contributed by atoms with Gasteiger partial charge in [-0.15, -0.1) is 0 Å². The Morgan fingerprint density at radius 3 is 2.67 bits per heavy atom. The number of carbonyl (C=O) groups excluding carboxylic acids is 1. The van der Waals surface area contributed by atoms with E-state index in [-0.39, 0.29) is 17.6 Å². The lowest BCUT2D eigenvalue weighted by molar-refractivity contribution is 0.0810. The van der Waals surface area contributed by atoms with Crippen molar-refractivity contribution in [1.82, 2.24) is 19.4 Å². The van der Waals surface area contributed by atoms with Crippen molar-refractivity contribution in [3.63, 3.8) is 0 Å². The highest BCUT2D eigenvalue weighted by Crippen LogP contribution is 2.36. The quantitative estimate of drug-likeness (QED) is 0.854. The molecule has 0 spiro atoms. The third-order valence-electron chi connectivity index (χ3n) is 4.10. The molecule has 2 heterocycles. The highest BCUT2D eigenvalue weighted by molar-refractivity contribution is 5.98. The number of carbonyl (C=O) groups is 1. The lowest BCUT2D eigenvalue weighted by Gasteiger charge is -2.18. The van der Waals surface area contributed by atoms with E-state index in [4.69, 9.17) is 0 Å². The zero-order valence-corrected chi connectivity index (χ0v) is 12.6. The molecular formula is C15H19FN4O. The van der Waals surface area contributed by atoms with Crippen LogP contribution in [0.15, 0.2) is 6.20 Å². The number of aryl methyl sites for hydroxylation is 1. The molecule has 2 aromatic rings. The minimum Gasteiger partial charge on any atom is -0.343 e. The van der Waals surface area contributed by atoms with Gasteiger partial charge in [0.25, 0.3) is 5.91 Å². The van der Waals surface area contributed by atoms with Crippen molar-refractivity contribution >= 4 is 16.9 Å². The molecule has 5 nitrogen and oxygen atoms in total. The maximum atomic E-state index is 14.7. The number of nitrogens with zero attached hydrogens (tertiary/aromatic N) is 4. The first-order valence-corrected chi connectivity index (χ1v) is 7.25. The van der Waals surface area contributed by atoms with E-state index in [9.17, 15) is 9.18 Å². The lowest BCUT2D eigenvalue weighted by Crippen LogP contribution is -2.26. The van der Waals surface area contributed by atoms with E-state index < -0.39 is 5.82 Å². The summed E-state index contributed by atoms with van der Waals surface area (Å²) < 4.78 is 16.5. The minimum absolute atomic E-state index is 0.113. The first kappa shape index (κ1) is 14.0. The van der Waals surface area contributed by atoms with Crippen LogP contribution in [0.3, 0.4) is 0 Å². The average molecular weight is 290 g/mol. The second kappa shape index (κ2) is 5.09. The van der Waals surface area contributed by atoms with Crippen molar-refractivity contribution in [2.24, 2.45) is 0 Å². The van der Waals surface area contributed by atoms with Gasteiger partial charge in [-0.2, -0.15) is 0 Å². The van der Waals surface area contributed by atoms with E-state index in [1.165, 1.54) is 11.1 Å². The fourth-order valence-electron chi connectivity index (χ4n) is 3.06. The van der Waals surface area contributed by atoms with Crippen molar-refractivity contribution in [3.05, 3.63) is 23.5 Å². The number of hydrogen-bond acceptors (Lipinski definition) is 3. The summed E-state index contributed by atoms with van der Waals surface area (Å²) in [4.78, 5) is 22.3. The van der Waals surface area contributed by atoms with Gasteiger partial charge >= 0.3 is 0 Å². The highest BCUT2D eigenvalue weighted by atomic mass is 19.1. The predicted octanol–water partition coefficient (Wildman–Crippen LogP) is 2.70. The molecule has 112 valence electrons. The molecular weight excluding hydrogens is 271 g/mol. The smallest absolute Gasteiger partial charge is 0.273 e. The molecule has 1 saturated carbocycles. The van der Waals surface area contributed by atoms with Crippen molar-refractivity contribution in [2.75, 3.05) is 14.1 Å². The molecule has 1 aliphatic carbocycles. The molecule has 3 rings (SSSR count). The molecule has 0 unspecified atom stereocenters.